The number of methoxy groups -OCH3 is 2. The average molecular weight is 475 g/mol. The fourth-order valence-corrected chi connectivity index (χ4v) is 4.03. The Kier molecular flexibility index (Phi) is 7.39. The van der Waals surface area contributed by atoms with E-state index in [2.05, 4.69) is 10.0 Å². The fraction of sp³-hybridized carbons (Fsp3) is 0.174. The number of sulfonamides is 1. The van der Waals surface area contributed by atoms with Crippen molar-refractivity contribution in [3.8, 4) is 17.2 Å². The van der Waals surface area contributed by atoms with Gasteiger partial charge in [0.05, 0.1) is 31.4 Å². The van der Waals surface area contributed by atoms with E-state index in [-0.39, 0.29) is 16.3 Å². The molecule has 3 rings (SSSR count). The van der Waals surface area contributed by atoms with Gasteiger partial charge in [0, 0.05) is 11.3 Å². The van der Waals surface area contributed by atoms with E-state index in [1.165, 1.54) is 26.4 Å². The maximum atomic E-state index is 13.2. The highest BCUT2D eigenvalue weighted by Gasteiger charge is 2.18. The second-order valence-electron chi connectivity index (χ2n) is 6.73. The molecule has 0 bridgehead atoms. The summed E-state index contributed by atoms with van der Waals surface area (Å²) in [6, 6.07) is 13.7. The molecule has 10 heteroatoms. The van der Waals surface area contributed by atoms with Crippen LogP contribution in [0, 0.1) is 5.82 Å². The topological polar surface area (TPSA) is 103 Å². The Hall–Kier alpha value is -3.79. The van der Waals surface area contributed by atoms with Gasteiger partial charge in [-0.2, -0.15) is 0 Å². The van der Waals surface area contributed by atoms with Crippen LogP contribution in [0.25, 0.3) is 0 Å². The first-order chi connectivity index (χ1) is 15.8. The van der Waals surface area contributed by atoms with E-state index < -0.39 is 21.7 Å². The SMILES string of the molecule is CCOc1ccc(C(=O)Nc2ccc(OC)c(NS(=O)(=O)c3ccc(F)cc3)c2)cc1OC. The number of halogens is 1. The molecule has 0 saturated heterocycles. The summed E-state index contributed by atoms with van der Waals surface area (Å²) in [6.07, 6.45) is 0. The van der Waals surface area contributed by atoms with E-state index in [1.54, 1.807) is 24.3 Å². The van der Waals surface area contributed by atoms with E-state index in [9.17, 15) is 17.6 Å². The second kappa shape index (κ2) is 10.2. The smallest absolute Gasteiger partial charge is 0.262 e. The van der Waals surface area contributed by atoms with Gasteiger partial charge in [-0.25, -0.2) is 12.8 Å². The molecule has 0 aromatic heterocycles. The van der Waals surface area contributed by atoms with Crippen molar-refractivity contribution in [1.29, 1.82) is 0 Å². The Morgan fingerprint density at radius 2 is 1.58 bits per heavy atom. The molecule has 0 atom stereocenters. The average Bonchev–Trinajstić information content (AvgIpc) is 2.79. The van der Waals surface area contributed by atoms with Crippen molar-refractivity contribution < 1.29 is 31.8 Å². The highest BCUT2D eigenvalue weighted by atomic mass is 32.2. The van der Waals surface area contributed by atoms with Crippen LogP contribution in [-0.2, 0) is 10.0 Å². The Morgan fingerprint density at radius 1 is 0.909 bits per heavy atom. The van der Waals surface area contributed by atoms with E-state index in [1.807, 2.05) is 6.92 Å². The maximum Gasteiger partial charge on any atom is 0.262 e. The zero-order chi connectivity index (χ0) is 24.0. The van der Waals surface area contributed by atoms with Crippen molar-refractivity contribution >= 4 is 27.3 Å². The van der Waals surface area contributed by atoms with Crippen molar-refractivity contribution in [2.24, 2.45) is 0 Å². The molecule has 0 aliphatic carbocycles. The fourth-order valence-electron chi connectivity index (χ4n) is 2.97. The molecular weight excluding hydrogens is 451 g/mol. The van der Waals surface area contributed by atoms with Crippen molar-refractivity contribution in [3.05, 3.63) is 72.0 Å². The number of carbonyl (C=O) groups is 1. The lowest BCUT2D eigenvalue weighted by Crippen LogP contribution is -2.15. The Morgan fingerprint density at radius 3 is 2.21 bits per heavy atom. The molecule has 3 aromatic carbocycles. The van der Waals surface area contributed by atoms with Gasteiger partial charge in [0.25, 0.3) is 15.9 Å². The van der Waals surface area contributed by atoms with Gasteiger partial charge >= 0.3 is 0 Å². The lowest BCUT2D eigenvalue weighted by molar-refractivity contribution is 0.102. The number of hydrogen-bond acceptors (Lipinski definition) is 6. The molecule has 0 saturated carbocycles. The summed E-state index contributed by atoms with van der Waals surface area (Å²) in [5.74, 6) is 0.169. The molecule has 0 aliphatic heterocycles. The first kappa shape index (κ1) is 23.9. The third kappa shape index (κ3) is 5.72. The predicted octanol–water partition coefficient (Wildman–Crippen LogP) is 4.29. The van der Waals surface area contributed by atoms with Gasteiger partial charge in [-0.3, -0.25) is 9.52 Å². The van der Waals surface area contributed by atoms with Crippen LogP contribution in [-0.4, -0.2) is 35.2 Å². The van der Waals surface area contributed by atoms with E-state index in [0.717, 1.165) is 24.3 Å². The first-order valence-corrected chi connectivity index (χ1v) is 11.3. The summed E-state index contributed by atoms with van der Waals surface area (Å²) in [5.41, 5.74) is 0.744. The number of hydrogen-bond donors (Lipinski definition) is 2. The quantitative estimate of drug-likeness (QED) is 0.480. The van der Waals surface area contributed by atoms with Crippen LogP contribution in [0.5, 0.6) is 17.2 Å². The number of anilines is 2. The Balaban J connectivity index is 1.85. The summed E-state index contributed by atoms with van der Waals surface area (Å²) in [5, 5.41) is 2.71. The molecule has 174 valence electrons. The summed E-state index contributed by atoms with van der Waals surface area (Å²) in [6.45, 7) is 2.29. The van der Waals surface area contributed by atoms with Crippen LogP contribution in [0.1, 0.15) is 17.3 Å². The number of amides is 1. The highest BCUT2D eigenvalue weighted by Crippen LogP contribution is 2.31. The van der Waals surface area contributed by atoms with Crippen LogP contribution in [0.3, 0.4) is 0 Å². The monoisotopic (exact) mass is 474 g/mol. The molecule has 0 spiro atoms. The minimum atomic E-state index is -4.02. The molecule has 2 N–H and O–H groups in total. The molecule has 0 fully saturated rings. The Bertz CT molecular complexity index is 1250. The number of benzene rings is 3. The third-order valence-corrected chi connectivity index (χ3v) is 5.93. The minimum Gasteiger partial charge on any atom is -0.495 e. The minimum absolute atomic E-state index is 0.101. The Labute approximate surface area is 191 Å². The second-order valence-corrected chi connectivity index (χ2v) is 8.41. The van der Waals surface area contributed by atoms with Crippen LogP contribution in [0.2, 0.25) is 0 Å². The molecule has 8 nitrogen and oxygen atoms in total. The molecule has 0 radical (unpaired) electrons. The number of ether oxygens (including phenoxy) is 3. The van der Waals surface area contributed by atoms with Gasteiger partial charge in [-0.15, -0.1) is 0 Å². The van der Waals surface area contributed by atoms with Crippen molar-refractivity contribution in [2.45, 2.75) is 11.8 Å². The molecule has 1 amide bonds. The lowest BCUT2D eigenvalue weighted by Gasteiger charge is -2.14. The van der Waals surface area contributed by atoms with Crippen LogP contribution < -0.4 is 24.2 Å². The van der Waals surface area contributed by atoms with Crippen LogP contribution >= 0.6 is 0 Å². The van der Waals surface area contributed by atoms with Gasteiger partial charge in [-0.05, 0) is 67.6 Å². The normalized spacial score (nSPS) is 10.9. The lowest BCUT2D eigenvalue weighted by atomic mass is 10.1. The standard InChI is InChI=1S/C23H23FN2O6S/c1-4-32-21-11-5-15(13-22(21)31-3)23(27)25-17-8-12-20(30-2)19(14-17)26-33(28,29)18-9-6-16(24)7-10-18/h5-14,26H,4H2,1-3H3,(H,25,27). The number of carbonyl (C=O) groups excluding carboxylic acids is 1. The van der Waals surface area contributed by atoms with Gasteiger partial charge in [0.1, 0.15) is 11.6 Å². The van der Waals surface area contributed by atoms with Crippen molar-refractivity contribution in [3.63, 3.8) is 0 Å². The largest absolute Gasteiger partial charge is 0.495 e. The molecule has 0 unspecified atom stereocenters. The number of rotatable bonds is 9. The van der Waals surface area contributed by atoms with E-state index in [0.29, 0.717) is 29.4 Å². The van der Waals surface area contributed by atoms with Crippen molar-refractivity contribution in [1.82, 2.24) is 0 Å². The van der Waals surface area contributed by atoms with E-state index >= 15 is 0 Å². The maximum absolute atomic E-state index is 13.2. The first-order valence-electron chi connectivity index (χ1n) is 9.86. The van der Waals surface area contributed by atoms with Gasteiger partial charge < -0.3 is 19.5 Å². The molecule has 33 heavy (non-hydrogen) atoms. The van der Waals surface area contributed by atoms with Gasteiger partial charge in [0.2, 0.25) is 0 Å². The zero-order valence-electron chi connectivity index (χ0n) is 18.2. The third-order valence-electron chi connectivity index (χ3n) is 4.55. The molecule has 3 aromatic rings. The van der Waals surface area contributed by atoms with Gasteiger partial charge in [-0.1, -0.05) is 0 Å². The zero-order valence-corrected chi connectivity index (χ0v) is 19.0. The highest BCUT2D eigenvalue weighted by molar-refractivity contribution is 7.92. The molecule has 0 heterocycles. The van der Waals surface area contributed by atoms with Crippen molar-refractivity contribution in [2.75, 3.05) is 30.9 Å². The van der Waals surface area contributed by atoms with E-state index in [4.69, 9.17) is 14.2 Å². The predicted molar refractivity (Wildman–Crippen MR) is 122 cm³/mol. The summed E-state index contributed by atoms with van der Waals surface area (Å²) in [4.78, 5) is 12.6. The summed E-state index contributed by atoms with van der Waals surface area (Å²) >= 11 is 0. The molecule has 0 aliphatic rings. The van der Waals surface area contributed by atoms with Crippen LogP contribution in [0.15, 0.2) is 65.6 Å². The molecular formula is C23H23FN2O6S. The summed E-state index contributed by atoms with van der Waals surface area (Å²) < 4.78 is 56.9. The van der Waals surface area contributed by atoms with Crippen LogP contribution in [0.4, 0.5) is 15.8 Å². The van der Waals surface area contributed by atoms with Gasteiger partial charge in [0.15, 0.2) is 11.5 Å². The summed E-state index contributed by atoms with van der Waals surface area (Å²) in [7, 11) is -1.16. The number of nitrogens with one attached hydrogen (secondary N) is 2.